The number of nitrogens with one attached hydrogen (secondary N) is 1. The van der Waals surface area contributed by atoms with Gasteiger partial charge in [-0.15, -0.1) is 0 Å². The molecule has 1 N–H and O–H groups in total. The fraction of sp³-hybridized carbons (Fsp3) is 0.500. The number of rotatable bonds is 2. The van der Waals surface area contributed by atoms with E-state index in [1.807, 2.05) is 18.2 Å². The van der Waals surface area contributed by atoms with Crippen molar-refractivity contribution in [2.45, 2.75) is 19.4 Å². The first-order valence-corrected chi connectivity index (χ1v) is 6.39. The Morgan fingerprint density at radius 3 is 2.88 bits per heavy atom. The second-order valence-corrected chi connectivity index (χ2v) is 4.92. The minimum Gasteiger partial charge on any atom is -0.369 e. The van der Waals surface area contributed by atoms with Crippen LogP contribution in [0.1, 0.15) is 13.3 Å². The molecule has 1 unspecified atom stereocenters. The molecule has 0 aromatic heterocycles. The van der Waals surface area contributed by atoms with Crippen molar-refractivity contribution >= 4 is 28.9 Å². The van der Waals surface area contributed by atoms with Crippen LogP contribution in [-0.4, -0.2) is 25.7 Å². The highest BCUT2D eigenvalue weighted by atomic mass is 35.5. The van der Waals surface area contributed by atoms with Crippen molar-refractivity contribution < 1.29 is 0 Å². The van der Waals surface area contributed by atoms with Gasteiger partial charge in [0, 0.05) is 31.4 Å². The van der Waals surface area contributed by atoms with E-state index in [4.69, 9.17) is 23.2 Å². The van der Waals surface area contributed by atoms with Gasteiger partial charge >= 0.3 is 0 Å². The number of anilines is 1. The van der Waals surface area contributed by atoms with Crippen LogP contribution in [0.25, 0.3) is 0 Å². The first kappa shape index (κ1) is 12.0. The Balaban J connectivity index is 2.13. The molecule has 2 rings (SSSR count). The van der Waals surface area contributed by atoms with Gasteiger partial charge in [0.2, 0.25) is 0 Å². The molecule has 88 valence electrons. The lowest BCUT2D eigenvalue weighted by Gasteiger charge is -2.35. The Kier molecular flexibility index (Phi) is 3.95. The normalized spacial score (nSPS) is 21.2. The van der Waals surface area contributed by atoms with Crippen LogP contribution in [0.5, 0.6) is 0 Å². The number of piperazine rings is 1. The summed E-state index contributed by atoms with van der Waals surface area (Å²) in [4.78, 5) is 2.35. The fourth-order valence-corrected chi connectivity index (χ4v) is 2.31. The van der Waals surface area contributed by atoms with Crippen molar-refractivity contribution in [1.82, 2.24) is 5.32 Å². The van der Waals surface area contributed by atoms with E-state index >= 15 is 0 Å². The fourth-order valence-electron chi connectivity index (χ4n) is 2.02. The van der Waals surface area contributed by atoms with Gasteiger partial charge in [0.15, 0.2) is 0 Å². The van der Waals surface area contributed by atoms with Crippen LogP contribution in [0.2, 0.25) is 10.0 Å². The first-order valence-electron chi connectivity index (χ1n) is 5.64. The molecule has 1 aromatic carbocycles. The van der Waals surface area contributed by atoms with Crippen LogP contribution in [-0.2, 0) is 0 Å². The first-order chi connectivity index (χ1) is 7.70. The number of hydrogen-bond acceptors (Lipinski definition) is 2. The summed E-state index contributed by atoms with van der Waals surface area (Å²) in [5.41, 5.74) is 1.16. The van der Waals surface area contributed by atoms with E-state index in [9.17, 15) is 0 Å². The summed E-state index contributed by atoms with van der Waals surface area (Å²) in [5.74, 6) is 0. The third-order valence-corrected chi connectivity index (χ3v) is 3.76. The van der Waals surface area contributed by atoms with E-state index in [-0.39, 0.29) is 0 Å². The molecule has 0 bridgehead atoms. The van der Waals surface area contributed by atoms with Crippen LogP contribution in [0.3, 0.4) is 0 Å². The standard InChI is InChI=1S/C12H16Cl2N2/c1-2-9-8-16(6-5-15-9)10-3-4-11(13)12(14)7-10/h3-4,7,9,15H,2,5-6,8H2,1H3. The second kappa shape index (κ2) is 5.26. The van der Waals surface area contributed by atoms with E-state index in [2.05, 4.69) is 17.1 Å². The van der Waals surface area contributed by atoms with Crippen LogP contribution < -0.4 is 10.2 Å². The molecule has 1 saturated heterocycles. The van der Waals surface area contributed by atoms with Gasteiger partial charge in [0.25, 0.3) is 0 Å². The van der Waals surface area contributed by atoms with Gasteiger partial charge in [0.05, 0.1) is 10.0 Å². The van der Waals surface area contributed by atoms with E-state index in [0.29, 0.717) is 16.1 Å². The summed E-state index contributed by atoms with van der Waals surface area (Å²) in [6.45, 7) is 5.29. The molecule has 0 spiro atoms. The van der Waals surface area contributed by atoms with Crippen molar-refractivity contribution in [1.29, 1.82) is 0 Å². The Bertz CT molecular complexity index is 368. The monoisotopic (exact) mass is 258 g/mol. The topological polar surface area (TPSA) is 15.3 Å². The van der Waals surface area contributed by atoms with E-state index in [1.165, 1.54) is 0 Å². The molecule has 0 amide bonds. The lowest BCUT2D eigenvalue weighted by molar-refractivity contribution is 0.447. The van der Waals surface area contributed by atoms with Crippen molar-refractivity contribution in [2.24, 2.45) is 0 Å². The third-order valence-electron chi connectivity index (χ3n) is 3.02. The maximum absolute atomic E-state index is 6.03. The zero-order valence-electron chi connectivity index (χ0n) is 9.34. The number of hydrogen-bond donors (Lipinski definition) is 1. The molecule has 1 heterocycles. The van der Waals surface area contributed by atoms with Crippen LogP contribution in [0.15, 0.2) is 18.2 Å². The van der Waals surface area contributed by atoms with Gasteiger partial charge in [-0.05, 0) is 24.6 Å². The van der Waals surface area contributed by atoms with Crippen LogP contribution >= 0.6 is 23.2 Å². The Morgan fingerprint density at radius 2 is 2.19 bits per heavy atom. The van der Waals surface area contributed by atoms with Crippen molar-refractivity contribution in [3.63, 3.8) is 0 Å². The molecule has 0 radical (unpaired) electrons. The van der Waals surface area contributed by atoms with Gasteiger partial charge < -0.3 is 10.2 Å². The highest BCUT2D eigenvalue weighted by Gasteiger charge is 2.18. The van der Waals surface area contributed by atoms with Crippen LogP contribution in [0, 0.1) is 0 Å². The van der Waals surface area contributed by atoms with Crippen LogP contribution in [0.4, 0.5) is 5.69 Å². The molecule has 1 atom stereocenters. The van der Waals surface area contributed by atoms with E-state index in [1.54, 1.807) is 0 Å². The second-order valence-electron chi connectivity index (χ2n) is 4.10. The molecule has 2 nitrogen and oxygen atoms in total. The maximum Gasteiger partial charge on any atom is 0.0612 e. The van der Waals surface area contributed by atoms with E-state index < -0.39 is 0 Å². The van der Waals surface area contributed by atoms with Gasteiger partial charge in [-0.3, -0.25) is 0 Å². The zero-order valence-corrected chi connectivity index (χ0v) is 10.9. The summed E-state index contributed by atoms with van der Waals surface area (Å²) >= 11 is 11.9. The molecule has 0 aliphatic carbocycles. The molecule has 1 aliphatic rings. The molecule has 1 fully saturated rings. The molecule has 16 heavy (non-hydrogen) atoms. The summed E-state index contributed by atoms with van der Waals surface area (Å²) in [5, 5.41) is 4.74. The summed E-state index contributed by atoms with van der Waals surface area (Å²) in [6.07, 6.45) is 1.15. The quantitative estimate of drug-likeness (QED) is 0.877. The Morgan fingerprint density at radius 1 is 1.38 bits per heavy atom. The lowest BCUT2D eigenvalue weighted by atomic mass is 10.1. The smallest absolute Gasteiger partial charge is 0.0612 e. The molecule has 0 saturated carbocycles. The largest absolute Gasteiger partial charge is 0.369 e. The molecule has 1 aliphatic heterocycles. The number of benzene rings is 1. The van der Waals surface area contributed by atoms with Gasteiger partial charge in [0.1, 0.15) is 0 Å². The third kappa shape index (κ3) is 2.62. The molecule has 1 aromatic rings. The highest BCUT2D eigenvalue weighted by molar-refractivity contribution is 6.42. The lowest BCUT2D eigenvalue weighted by Crippen LogP contribution is -2.50. The maximum atomic E-state index is 6.03. The summed E-state index contributed by atoms with van der Waals surface area (Å²) in [7, 11) is 0. The minimum absolute atomic E-state index is 0.572. The van der Waals surface area contributed by atoms with Gasteiger partial charge in [-0.1, -0.05) is 30.1 Å². The van der Waals surface area contributed by atoms with Crippen molar-refractivity contribution in [2.75, 3.05) is 24.5 Å². The minimum atomic E-state index is 0.572. The average Bonchev–Trinajstić information content (AvgIpc) is 2.33. The van der Waals surface area contributed by atoms with Crippen molar-refractivity contribution in [3.05, 3.63) is 28.2 Å². The number of halogens is 2. The SMILES string of the molecule is CCC1CN(c2ccc(Cl)c(Cl)c2)CCN1. The van der Waals surface area contributed by atoms with Gasteiger partial charge in [-0.25, -0.2) is 0 Å². The Labute approximate surface area is 107 Å². The van der Waals surface area contributed by atoms with Crippen molar-refractivity contribution in [3.8, 4) is 0 Å². The van der Waals surface area contributed by atoms with Gasteiger partial charge in [-0.2, -0.15) is 0 Å². The van der Waals surface area contributed by atoms with E-state index in [0.717, 1.165) is 31.7 Å². The summed E-state index contributed by atoms with van der Waals surface area (Å²) < 4.78 is 0. The predicted molar refractivity (Wildman–Crippen MR) is 70.8 cm³/mol. The molecule has 4 heteroatoms. The highest BCUT2D eigenvalue weighted by Crippen LogP contribution is 2.27. The summed E-state index contributed by atoms with van der Waals surface area (Å²) in [6, 6.07) is 6.42. The average molecular weight is 259 g/mol. The zero-order chi connectivity index (χ0) is 11.5. The predicted octanol–water partition coefficient (Wildman–Crippen LogP) is 3.18. The Hall–Kier alpha value is -0.440. The molecular weight excluding hydrogens is 243 g/mol. The molecular formula is C12H16Cl2N2. The number of nitrogens with zero attached hydrogens (tertiary/aromatic N) is 1.